The maximum atomic E-state index is 11.3. The fourth-order valence-corrected chi connectivity index (χ4v) is 2.07. The number of hydrogen-bond acceptors (Lipinski definition) is 4. The van der Waals surface area contributed by atoms with Crippen LogP contribution in [0, 0.1) is 0 Å². The quantitative estimate of drug-likeness (QED) is 0.856. The molecular weight excluding hydrogens is 286 g/mol. The number of alkyl halides is 1. The number of anilines is 1. The molecule has 0 bridgehead atoms. The van der Waals surface area contributed by atoms with Crippen molar-refractivity contribution in [2.24, 2.45) is 0 Å². The molecule has 0 saturated carbocycles. The molecule has 0 radical (unpaired) electrons. The van der Waals surface area contributed by atoms with Crippen LogP contribution in [0.1, 0.15) is 13.8 Å². The zero-order chi connectivity index (χ0) is 12.4. The van der Waals surface area contributed by atoms with Crippen molar-refractivity contribution < 1.29 is 0 Å². The molecule has 0 unspecified atom stereocenters. The molecule has 1 N–H and O–H groups in total. The second-order valence-corrected chi connectivity index (χ2v) is 4.77. The van der Waals surface area contributed by atoms with Gasteiger partial charge in [-0.1, -0.05) is 15.9 Å². The molecular formula is C10H14BrN5O. The fourth-order valence-electron chi connectivity index (χ4n) is 1.69. The van der Waals surface area contributed by atoms with E-state index in [-0.39, 0.29) is 5.69 Å². The van der Waals surface area contributed by atoms with Crippen LogP contribution < -0.4 is 10.6 Å². The van der Waals surface area contributed by atoms with Crippen LogP contribution in [0.4, 0.5) is 5.82 Å². The predicted molar refractivity (Wildman–Crippen MR) is 69.9 cm³/mol. The topological polar surface area (TPSA) is 66.3 Å². The maximum Gasteiger partial charge on any atom is 0.348 e. The highest BCUT2D eigenvalue weighted by Crippen LogP contribution is 2.14. The fraction of sp³-hybridized carbons (Fsp3) is 0.500. The lowest BCUT2D eigenvalue weighted by atomic mass is 10.3. The van der Waals surface area contributed by atoms with Crippen LogP contribution >= 0.6 is 15.9 Å². The van der Waals surface area contributed by atoms with Crippen LogP contribution in [0.2, 0.25) is 0 Å². The Kier molecular flexibility index (Phi) is 3.46. The number of aromatic amines is 1. The van der Waals surface area contributed by atoms with Crippen molar-refractivity contribution >= 4 is 27.4 Å². The normalized spacial score (nSPS) is 11.3. The summed E-state index contributed by atoms with van der Waals surface area (Å²) in [5, 5.41) is 7.19. The van der Waals surface area contributed by atoms with Gasteiger partial charge in [0.15, 0.2) is 5.65 Å². The van der Waals surface area contributed by atoms with Crippen molar-refractivity contribution in [2.75, 3.05) is 16.8 Å². The largest absolute Gasteiger partial charge is 0.353 e. The molecule has 0 aliphatic heterocycles. The molecule has 7 heteroatoms. The molecule has 0 aromatic carbocycles. The minimum absolute atomic E-state index is 0.268. The summed E-state index contributed by atoms with van der Waals surface area (Å²) in [4.78, 5) is 17.7. The van der Waals surface area contributed by atoms with Gasteiger partial charge in [0.05, 0.1) is 0 Å². The Balaban J connectivity index is 2.43. The highest BCUT2D eigenvalue weighted by molar-refractivity contribution is 9.09. The highest BCUT2D eigenvalue weighted by atomic mass is 79.9. The van der Waals surface area contributed by atoms with Gasteiger partial charge in [-0.25, -0.2) is 19.3 Å². The van der Waals surface area contributed by atoms with E-state index in [1.54, 1.807) is 6.07 Å². The van der Waals surface area contributed by atoms with Gasteiger partial charge >= 0.3 is 5.69 Å². The molecule has 0 atom stereocenters. The lowest BCUT2D eigenvalue weighted by Crippen LogP contribution is -2.33. The summed E-state index contributed by atoms with van der Waals surface area (Å²) in [6, 6.07) is 2.15. The van der Waals surface area contributed by atoms with E-state index in [0.29, 0.717) is 11.7 Å². The van der Waals surface area contributed by atoms with Gasteiger partial charge in [-0.15, -0.1) is 0 Å². The van der Waals surface area contributed by atoms with E-state index in [2.05, 4.69) is 49.9 Å². The molecule has 2 heterocycles. The van der Waals surface area contributed by atoms with Gasteiger partial charge in [0, 0.05) is 24.0 Å². The second-order valence-electron chi connectivity index (χ2n) is 3.98. The van der Waals surface area contributed by atoms with Crippen molar-refractivity contribution in [3.63, 3.8) is 0 Å². The van der Waals surface area contributed by atoms with Crippen molar-refractivity contribution in [2.45, 2.75) is 19.9 Å². The van der Waals surface area contributed by atoms with Gasteiger partial charge in [0.2, 0.25) is 0 Å². The Morgan fingerprint density at radius 3 is 3.00 bits per heavy atom. The first-order valence-electron chi connectivity index (χ1n) is 5.39. The third-order valence-corrected chi connectivity index (χ3v) is 2.89. The van der Waals surface area contributed by atoms with Crippen molar-refractivity contribution in [1.29, 1.82) is 0 Å². The number of rotatable bonds is 4. The Morgan fingerprint density at radius 1 is 1.59 bits per heavy atom. The molecule has 17 heavy (non-hydrogen) atoms. The number of hydrogen-bond donors (Lipinski definition) is 1. The summed E-state index contributed by atoms with van der Waals surface area (Å²) in [7, 11) is 0. The summed E-state index contributed by atoms with van der Waals surface area (Å²) in [6.07, 6.45) is 1.50. The van der Waals surface area contributed by atoms with E-state index >= 15 is 0 Å². The zero-order valence-corrected chi connectivity index (χ0v) is 11.3. The second kappa shape index (κ2) is 4.87. The maximum absolute atomic E-state index is 11.3. The first kappa shape index (κ1) is 12.1. The summed E-state index contributed by atoms with van der Waals surface area (Å²) < 4.78 is 1.39. The van der Waals surface area contributed by atoms with Crippen LogP contribution in [0.5, 0.6) is 0 Å². The molecule has 0 saturated heterocycles. The zero-order valence-electron chi connectivity index (χ0n) is 9.72. The van der Waals surface area contributed by atoms with Crippen molar-refractivity contribution in [1.82, 2.24) is 19.6 Å². The van der Waals surface area contributed by atoms with Gasteiger partial charge in [-0.05, 0) is 13.8 Å². The molecule has 6 nitrogen and oxygen atoms in total. The first-order valence-corrected chi connectivity index (χ1v) is 6.51. The Labute approximate surface area is 107 Å². The van der Waals surface area contributed by atoms with Gasteiger partial charge in [-0.2, -0.15) is 5.10 Å². The van der Waals surface area contributed by atoms with Crippen molar-refractivity contribution in [3.8, 4) is 0 Å². The SMILES string of the molecule is CC(C)N(CCBr)c1cc2n[nH]c(=O)n2cn1. The van der Waals surface area contributed by atoms with Gasteiger partial charge < -0.3 is 4.90 Å². The molecule has 0 spiro atoms. The molecule has 0 aliphatic carbocycles. The number of fused-ring (bicyclic) bond motifs is 1. The lowest BCUT2D eigenvalue weighted by Gasteiger charge is -2.26. The lowest BCUT2D eigenvalue weighted by molar-refractivity contribution is 0.696. The van der Waals surface area contributed by atoms with Gasteiger partial charge in [0.25, 0.3) is 0 Å². The third kappa shape index (κ3) is 2.33. The molecule has 2 rings (SSSR count). The Bertz CT molecular complexity index is 561. The Hall–Kier alpha value is -1.37. The minimum Gasteiger partial charge on any atom is -0.353 e. The smallest absolute Gasteiger partial charge is 0.348 e. The van der Waals surface area contributed by atoms with Crippen molar-refractivity contribution in [3.05, 3.63) is 22.9 Å². The van der Waals surface area contributed by atoms with Crippen LogP contribution in [-0.2, 0) is 0 Å². The molecule has 2 aromatic heterocycles. The van der Waals surface area contributed by atoms with E-state index in [9.17, 15) is 4.79 Å². The van der Waals surface area contributed by atoms with E-state index in [0.717, 1.165) is 17.7 Å². The average Bonchev–Trinajstić information content (AvgIpc) is 2.67. The van der Waals surface area contributed by atoms with Crippen LogP contribution in [0.15, 0.2) is 17.2 Å². The van der Waals surface area contributed by atoms with E-state index in [1.807, 2.05) is 0 Å². The minimum atomic E-state index is -0.268. The van der Waals surface area contributed by atoms with Crippen LogP contribution in [0.3, 0.4) is 0 Å². The Morgan fingerprint density at radius 2 is 2.35 bits per heavy atom. The predicted octanol–water partition coefficient (Wildman–Crippen LogP) is 1.03. The summed E-state index contributed by atoms with van der Waals surface area (Å²) in [6.45, 7) is 5.06. The number of nitrogens with one attached hydrogen (secondary N) is 1. The van der Waals surface area contributed by atoms with Gasteiger partial charge in [0.1, 0.15) is 12.1 Å². The van der Waals surface area contributed by atoms with Crippen LogP contribution in [-0.4, -0.2) is 37.5 Å². The number of halogens is 1. The molecule has 0 aliphatic rings. The average molecular weight is 300 g/mol. The van der Waals surface area contributed by atoms with E-state index in [4.69, 9.17) is 0 Å². The molecule has 92 valence electrons. The summed E-state index contributed by atoms with van der Waals surface area (Å²) in [5.41, 5.74) is 0.316. The van der Waals surface area contributed by atoms with Crippen LogP contribution in [0.25, 0.3) is 5.65 Å². The summed E-state index contributed by atoms with van der Waals surface area (Å²) >= 11 is 3.42. The summed E-state index contributed by atoms with van der Waals surface area (Å²) in [5.74, 6) is 0.825. The monoisotopic (exact) mass is 299 g/mol. The van der Waals surface area contributed by atoms with E-state index < -0.39 is 0 Å². The highest BCUT2D eigenvalue weighted by Gasteiger charge is 2.12. The molecule has 0 amide bonds. The van der Waals surface area contributed by atoms with E-state index in [1.165, 1.54) is 10.7 Å². The van der Waals surface area contributed by atoms with Gasteiger partial charge in [-0.3, -0.25) is 0 Å². The standard InChI is InChI=1S/C10H14BrN5O/c1-7(2)15(4-3-11)8-5-9-13-14-10(17)16(9)6-12-8/h5-7H,3-4H2,1-2H3,(H,14,17). The first-order chi connectivity index (χ1) is 8.13. The number of H-pyrrole nitrogens is 1. The molecule has 0 fully saturated rings. The molecule has 2 aromatic rings. The third-order valence-electron chi connectivity index (χ3n) is 2.54. The number of aromatic nitrogens is 4. The number of nitrogens with zero attached hydrogens (tertiary/aromatic N) is 4.